The number of fused-ring (bicyclic) bond motifs is 1. The van der Waals surface area contributed by atoms with Gasteiger partial charge in [0, 0.05) is 17.3 Å². The van der Waals surface area contributed by atoms with Crippen molar-refractivity contribution in [3.63, 3.8) is 0 Å². The number of aromatic nitrogens is 1. The average molecular weight is 288 g/mol. The van der Waals surface area contributed by atoms with Crippen LogP contribution in [0.3, 0.4) is 0 Å². The van der Waals surface area contributed by atoms with Crippen molar-refractivity contribution in [2.45, 2.75) is 0 Å². The Morgan fingerprint density at radius 3 is 2.80 bits per heavy atom. The van der Waals surface area contributed by atoms with Gasteiger partial charge in [0.15, 0.2) is 0 Å². The molecule has 3 N–H and O–H groups in total. The molecule has 0 saturated carbocycles. The summed E-state index contributed by atoms with van der Waals surface area (Å²) in [5.41, 5.74) is 8.49. The van der Waals surface area contributed by atoms with Gasteiger partial charge in [-0.05, 0) is 42.5 Å². The van der Waals surface area contributed by atoms with Crippen LogP contribution in [0.25, 0.3) is 10.9 Å². The number of nitrogens with one attached hydrogen (secondary N) is 1. The van der Waals surface area contributed by atoms with E-state index in [4.69, 9.17) is 17.3 Å². The molecule has 0 radical (unpaired) electrons. The second-order valence-electron chi connectivity index (χ2n) is 4.35. The number of hydrogen-bond acceptors (Lipinski definition) is 3. The highest BCUT2D eigenvalue weighted by Crippen LogP contribution is 2.31. The van der Waals surface area contributed by atoms with E-state index in [1.807, 2.05) is 12.1 Å². The van der Waals surface area contributed by atoms with Crippen LogP contribution in [0, 0.1) is 5.82 Å². The molecule has 20 heavy (non-hydrogen) atoms. The van der Waals surface area contributed by atoms with Gasteiger partial charge in [-0.15, -0.1) is 0 Å². The molecule has 0 aliphatic heterocycles. The Labute approximate surface area is 120 Å². The van der Waals surface area contributed by atoms with Gasteiger partial charge in [-0.3, -0.25) is 4.98 Å². The molecule has 0 aliphatic rings. The summed E-state index contributed by atoms with van der Waals surface area (Å²) < 4.78 is 13.3. The molecule has 0 atom stereocenters. The van der Waals surface area contributed by atoms with E-state index in [9.17, 15) is 4.39 Å². The quantitative estimate of drug-likeness (QED) is 0.689. The van der Waals surface area contributed by atoms with Crippen LogP contribution >= 0.6 is 11.6 Å². The van der Waals surface area contributed by atoms with Gasteiger partial charge in [0.25, 0.3) is 0 Å². The third-order valence-corrected chi connectivity index (χ3v) is 3.33. The van der Waals surface area contributed by atoms with Crippen molar-refractivity contribution in [1.29, 1.82) is 0 Å². The fourth-order valence-electron chi connectivity index (χ4n) is 2.03. The van der Waals surface area contributed by atoms with Gasteiger partial charge >= 0.3 is 0 Å². The Balaban J connectivity index is 2.11. The summed E-state index contributed by atoms with van der Waals surface area (Å²) in [6.07, 6.45) is 1.68. The molecule has 0 amide bonds. The number of hydrogen-bond donors (Lipinski definition) is 2. The Bertz CT molecular complexity index is 789. The van der Waals surface area contributed by atoms with Crippen LogP contribution in [-0.2, 0) is 0 Å². The van der Waals surface area contributed by atoms with Crippen LogP contribution in [0.4, 0.5) is 21.5 Å². The normalized spacial score (nSPS) is 10.7. The van der Waals surface area contributed by atoms with Gasteiger partial charge in [-0.2, -0.15) is 0 Å². The Hall–Kier alpha value is -2.33. The number of nitrogen functional groups attached to an aromatic ring is 1. The summed E-state index contributed by atoms with van der Waals surface area (Å²) in [7, 11) is 0. The number of halogens is 2. The van der Waals surface area contributed by atoms with Gasteiger partial charge in [-0.1, -0.05) is 11.6 Å². The minimum Gasteiger partial charge on any atom is -0.398 e. The van der Waals surface area contributed by atoms with Gasteiger partial charge in [0.2, 0.25) is 0 Å². The number of benzene rings is 2. The first kappa shape index (κ1) is 12.7. The molecule has 0 bridgehead atoms. The zero-order chi connectivity index (χ0) is 14.1. The maximum absolute atomic E-state index is 13.3. The summed E-state index contributed by atoms with van der Waals surface area (Å²) in [6.45, 7) is 0. The first-order chi connectivity index (χ1) is 9.65. The van der Waals surface area contributed by atoms with Crippen LogP contribution in [0.5, 0.6) is 0 Å². The van der Waals surface area contributed by atoms with E-state index in [-0.39, 0.29) is 5.82 Å². The van der Waals surface area contributed by atoms with E-state index in [2.05, 4.69) is 10.3 Å². The zero-order valence-corrected chi connectivity index (χ0v) is 11.2. The van der Waals surface area contributed by atoms with Gasteiger partial charge < -0.3 is 11.1 Å². The summed E-state index contributed by atoms with van der Waals surface area (Å²) >= 11 is 6.05. The summed E-state index contributed by atoms with van der Waals surface area (Å²) in [6, 6.07) is 11.4. The molecule has 1 heterocycles. The summed E-state index contributed by atoms with van der Waals surface area (Å²) in [5, 5.41) is 4.37. The predicted octanol–water partition coefficient (Wildman–Crippen LogP) is 4.35. The van der Waals surface area contributed by atoms with Gasteiger partial charge in [0.05, 0.1) is 21.9 Å². The van der Waals surface area contributed by atoms with Crippen molar-refractivity contribution in [1.82, 2.24) is 4.98 Å². The van der Waals surface area contributed by atoms with Crippen LogP contribution in [0.15, 0.2) is 48.7 Å². The largest absolute Gasteiger partial charge is 0.398 e. The third-order valence-electron chi connectivity index (χ3n) is 3.00. The lowest BCUT2D eigenvalue weighted by Crippen LogP contribution is -1.96. The molecule has 100 valence electrons. The Kier molecular flexibility index (Phi) is 3.16. The number of nitrogens with zero attached hydrogens (tertiary/aromatic N) is 1. The van der Waals surface area contributed by atoms with E-state index in [1.165, 1.54) is 18.2 Å². The standard InChI is InChI=1S/C15H11ClFN3/c16-11-4-3-9(17)8-14(11)20-13-6-5-12(18)10-2-1-7-19-15(10)13/h1-8,20H,18H2. The first-order valence-electron chi connectivity index (χ1n) is 6.00. The van der Waals surface area contributed by atoms with Crippen molar-refractivity contribution in [3.8, 4) is 0 Å². The van der Waals surface area contributed by atoms with Crippen molar-refractivity contribution in [2.75, 3.05) is 11.1 Å². The van der Waals surface area contributed by atoms with E-state index in [0.29, 0.717) is 21.9 Å². The lowest BCUT2D eigenvalue weighted by molar-refractivity contribution is 0.628. The smallest absolute Gasteiger partial charge is 0.125 e. The Morgan fingerprint density at radius 2 is 1.95 bits per heavy atom. The molecule has 0 spiro atoms. The highest BCUT2D eigenvalue weighted by atomic mass is 35.5. The molecule has 5 heteroatoms. The minimum atomic E-state index is -0.357. The molecule has 0 saturated heterocycles. The molecule has 3 rings (SSSR count). The molecular formula is C15H11ClFN3. The maximum Gasteiger partial charge on any atom is 0.125 e. The number of nitrogens with two attached hydrogens (primary N) is 1. The molecule has 2 aromatic carbocycles. The molecule has 1 aromatic heterocycles. The SMILES string of the molecule is Nc1ccc(Nc2cc(F)ccc2Cl)c2ncccc12. The highest BCUT2D eigenvalue weighted by molar-refractivity contribution is 6.33. The fourth-order valence-corrected chi connectivity index (χ4v) is 2.20. The average Bonchev–Trinajstić information content (AvgIpc) is 2.46. The van der Waals surface area contributed by atoms with Crippen molar-refractivity contribution in [3.05, 3.63) is 59.5 Å². The number of rotatable bonds is 2. The first-order valence-corrected chi connectivity index (χ1v) is 6.38. The highest BCUT2D eigenvalue weighted by Gasteiger charge is 2.08. The topological polar surface area (TPSA) is 50.9 Å². The summed E-state index contributed by atoms with van der Waals surface area (Å²) in [4.78, 5) is 4.31. The molecule has 0 aliphatic carbocycles. The number of pyridine rings is 1. The fraction of sp³-hybridized carbons (Fsp3) is 0. The van der Waals surface area contributed by atoms with E-state index in [1.54, 1.807) is 18.3 Å². The van der Waals surface area contributed by atoms with Crippen LogP contribution < -0.4 is 11.1 Å². The van der Waals surface area contributed by atoms with E-state index < -0.39 is 0 Å². The van der Waals surface area contributed by atoms with Crippen molar-refractivity contribution in [2.24, 2.45) is 0 Å². The van der Waals surface area contributed by atoms with Crippen LogP contribution in [0.2, 0.25) is 5.02 Å². The molecular weight excluding hydrogens is 277 g/mol. The molecule has 0 unspecified atom stereocenters. The van der Waals surface area contributed by atoms with Crippen molar-refractivity contribution < 1.29 is 4.39 Å². The lowest BCUT2D eigenvalue weighted by atomic mass is 10.1. The molecule has 3 nitrogen and oxygen atoms in total. The lowest BCUT2D eigenvalue weighted by Gasteiger charge is -2.11. The van der Waals surface area contributed by atoms with Crippen LogP contribution in [-0.4, -0.2) is 4.98 Å². The van der Waals surface area contributed by atoms with E-state index in [0.717, 1.165) is 11.1 Å². The zero-order valence-electron chi connectivity index (χ0n) is 10.4. The van der Waals surface area contributed by atoms with Crippen molar-refractivity contribution >= 4 is 39.6 Å². The Morgan fingerprint density at radius 1 is 1.10 bits per heavy atom. The second kappa shape index (κ2) is 4.98. The van der Waals surface area contributed by atoms with Gasteiger partial charge in [-0.25, -0.2) is 4.39 Å². The number of anilines is 3. The second-order valence-corrected chi connectivity index (χ2v) is 4.76. The molecule has 3 aromatic rings. The van der Waals surface area contributed by atoms with E-state index >= 15 is 0 Å². The van der Waals surface area contributed by atoms with Gasteiger partial charge in [0.1, 0.15) is 5.82 Å². The monoisotopic (exact) mass is 287 g/mol. The third kappa shape index (κ3) is 2.26. The summed E-state index contributed by atoms with van der Waals surface area (Å²) in [5.74, 6) is -0.357. The maximum atomic E-state index is 13.3. The minimum absolute atomic E-state index is 0.357. The molecule has 0 fully saturated rings. The predicted molar refractivity (Wildman–Crippen MR) is 80.8 cm³/mol. The van der Waals surface area contributed by atoms with Crippen LogP contribution in [0.1, 0.15) is 0 Å².